The lowest BCUT2D eigenvalue weighted by molar-refractivity contribution is -0.446. The maximum atomic E-state index is 3.63. The Morgan fingerprint density at radius 2 is 2.05 bits per heavy atom. The molecule has 2 heterocycles. The summed E-state index contributed by atoms with van der Waals surface area (Å²) in [6.45, 7) is 2.01. The molecule has 0 aromatic heterocycles. The molecule has 1 atom stereocenters. The quantitative estimate of drug-likeness (QED) is 0.816. The van der Waals surface area contributed by atoms with E-state index in [4.69, 9.17) is 0 Å². The SMILES string of the molecule is Brc1ccc2c(c1)[C@@H](C1=[NH+]CCN1)c1ccccc1CS2. The average molecular weight is 360 g/mol. The first kappa shape index (κ1) is 13.4. The summed E-state index contributed by atoms with van der Waals surface area (Å²) in [6.07, 6.45) is 0. The number of nitrogens with one attached hydrogen (secondary N) is 2. The van der Waals surface area contributed by atoms with Gasteiger partial charge in [-0.05, 0) is 34.9 Å². The van der Waals surface area contributed by atoms with E-state index in [2.05, 4.69) is 68.7 Å². The van der Waals surface area contributed by atoms with Gasteiger partial charge in [0.2, 0.25) is 0 Å². The van der Waals surface area contributed by atoms with Crippen LogP contribution in [0.5, 0.6) is 0 Å². The van der Waals surface area contributed by atoms with E-state index in [1.807, 2.05) is 11.8 Å². The van der Waals surface area contributed by atoms with E-state index < -0.39 is 0 Å². The third-order valence-electron chi connectivity index (χ3n) is 4.08. The van der Waals surface area contributed by atoms with Crippen molar-refractivity contribution in [3.05, 3.63) is 63.6 Å². The lowest BCUT2D eigenvalue weighted by atomic mass is 9.87. The van der Waals surface area contributed by atoms with Crippen molar-refractivity contribution in [3.63, 3.8) is 0 Å². The van der Waals surface area contributed by atoms with Crippen LogP contribution in [0.25, 0.3) is 0 Å². The van der Waals surface area contributed by atoms with Crippen molar-refractivity contribution >= 4 is 33.5 Å². The molecule has 2 aromatic carbocycles. The summed E-state index contributed by atoms with van der Waals surface area (Å²) in [5.74, 6) is 2.56. The smallest absolute Gasteiger partial charge is 0.255 e. The minimum atomic E-state index is 0.284. The van der Waals surface area contributed by atoms with Crippen molar-refractivity contribution < 1.29 is 4.99 Å². The molecule has 0 radical (unpaired) electrons. The molecular formula is C17H16BrN2S+. The van der Waals surface area contributed by atoms with Crippen LogP contribution in [-0.2, 0) is 5.75 Å². The van der Waals surface area contributed by atoms with E-state index in [1.54, 1.807) is 0 Å². The molecule has 2 aromatic rings. The Morgan fingerprint density at radius 3 is 2.90 bits per heavy atom. The predicted octanol–water partition coefficient (Wildman–Crippen LogP) is 2.27. The first-order chi connectivity index (χ1) is 10.3. The number of hydrogen-bond acceptors (Lipinski definition) is 2. The molecule has 21 heavy (non-hydrogen) atoms. The molecule has 106 valence electrons. The highest BCUT2D eigenvalue weighted by Gasteiger charge is 2.33. The van der Waals surface area contributed by atoms with E-state index in [1.165, 1.54) is 27.4 Å². The van der Waals surface area contributed by atoms with Gasteiger partial charge in [0.05, 0.1) is 0 Å². The van der Waals surface area contributed by atoms with E-state index >= 15 is 0 Å². The van der Waals surface area contributed by atoms with E-state index in [9.17, 15) is 0 Å². The number of halogens is 1. The second kappa shape index (κ2) is 5.50. The Labute approximate surface area is 137 Å². The normalized spacial score (nSPS) is 20.0. The monoisotopic (exact) mass is 359 g/mol. The Hall–Kier alpha value is -1.26. The molecule has 0 fully saturated rings. The fourth-order valence-electron chi connectivity index (χ4n) is 3.12. The molecule has 0 aliphatic carbocycles. The molecule has 0 unspecified atom stereocenters. The molecule has 2 aliphatic rings. The first-order valence-corrected chi connectivity index (χ1v) is 8.95. The molecule has 0 amide bonds. The van der Waals surface area contributed by atoms with Crippen molar-refractivity contribution in [3.8, 4) is 0 Å². The van der Waals surface area contributed by atoms with E-state index in [-0.39, 0.29) is 5.92 Å². The molecule has 2 aliphatic heterocycles. The summed E-state index contributed by atoms with van der Waals surface area (Å²) in [5.41, 5.74) is 4.23. The van der Waals surface area contributed by atoms with Gasteiger partial charge < -0.3 is 0 Å². The third-order valence-corrected chi connectivity index (χ3v) is 5.71. The lowest BCUT2D eigenvalue weighted by Crippen LogP contribution is -2.71. The standard InChI is InChI=1S/C17H15BrN2S/c18-12-5-6-15-14(9-12)16(17-19-7-8-20-17)13-4-2-1-3-11(13)10-21-15/h1-6,9,16H,7-8,10H2,(H,19,20)/p+1/t16-/m0/s1. The van der Waals surface area contributed by atoms with Crippen molar-refractivity contribution in [2.75, 3.05) is 13.1 Å². The number of fused-ring (bicyclic) bond motifs is 2. The van der Waals surface area contributed by atoms with Gasteiger partial charge in [-0.25, -0.2) is 0 Å². The molecular weight excluding hydrogens is 344 g/mol. The van der Waals surface area contributed by atoms with Crippen LogP contribution >= 0.6 is 27.7 Å². The summed E-state index contributed by atoms with van der Waals surface area (Å²) < 4.78 is 1.14. The van der Waals surface area contributed by atoms with Gasteiger partial charge in [-0.1, -0.05) is 40.2 Å². The number of thioether (sulfide) groups is 1. The highest BCUT2D eigenvalue weighted by molar-refractivity contribution is 9.10. The highest BCUT2D eigenvalue weighted by atomic mass is 79.9. The average Bonchev–Trinajstić information content (AvgIpc) is 2.97. The van der Waals surface area contributed by atoms with Gasteiger partial charge in [0, 0.05) is 15.1 Å². The predicted molar refractivity (Wildman–Crippen MR) is 90.8 cm³/mol. The zero-order valence-corrected chi connectivity index (χ0v) is 13.9. The number of rotatable bonds is 1. The molecule has 4 heteroatoms. The van der Waals surface area contributed by atoms with Crippen LogP contribution in [-0.4, -0.2) is 18.9 Å². The van der Waals surface area contributed by atoms with Crippen LogP contribution in [0.4, 0.5) is 0 Å². The summed E-state index contributed by atoms with van der Waals surface area (Å²) >= 11 is 5.57. The van der Waals surface area contributed by atoms with Crippen LogP contribution in [0.1, 0.15) is 22.6 Å². The maximum Gasteiger partial charge on any atom is 0.255 e. The van der Waals surface area contributed by atoms with Crippen LogP contribution in [0.15, 0.2) is 51.8 Å². The van der Waals surface area contributed by atoms with Crippen LogP contribution in [0.3, 0.4) is 0 Å². The summed E-state index contributed by atoms with van der Waals surface area (Å²) in [6, 6.07) is 15.5. The maximum absolute atomic E-state index is 3.63. The zero-order chi connectivity index (χ0) is 14.2. The second-order valence-corrected chi connectivity index (χ2v) is 7.30. The minimum Gasteiger partial charge on any atom is -0.274 e. The summed E-state index contributed by atoms with van der Waals surface area (Å²) in [7, 11) is 0. The molecule has 0 saturated heterocycles. The number of hydrogen-bond donors (Lipinski definition) is 2. The molecule has 0 saturated carbocycles. The van der Waals surface area contributed by atoms with Gasteiger partial charge in [0.25, 0.3) is 5.84 Å². The van der Waals surface area contributed by atoms with Gasteiger partial charge in [-0.2, -0.15) is 0 Å². The largest absolute Gasteiger partial charge is 0.274 e. The lowest BCUT2D eigenvalue weighted by Gasteiger charge is -2.17. The molecule has 0 bridgehead atoms. The zero-order valence-electron chi connectivity index (χ0n) is 11.5. The van der Waals surface area contributed by atoms with E-state index in [0.717, 1.165) is 23.3 Å². The van der Waals surface area contributed by atoms with Crippen LogP contribution in [0.2, 0.25) is 0 Å². The molecule has 0 spiro atoms. The van der Waals surface area contributed by atoms with Gasteiger partial charge >= 0.3 is 0 Å². The van der Waals surface area contributed by atoms with Crippen LogP contribution < -0.4 is 10.3 Å². The second-order valence-electron chi connectivity index (χ2n) is 5.37. The number of amidine groups is 1. The van der Waals surface area contributed by atoms with E-state index in [0.29, 0.717) is 0 Å². The molecule has 2 N–H and O–H groups in total. The first-order valence-electron chi connectivity index (χ1n) is 7.17. The van der Waals surface area contributed by atoms with Crippen molar-refractivity contribution in [2.24, 2.45) is 0 Å². The number of benzene rings is 2. The fraction of sp³-hybridized carbons (Fsp3) is 0.235. The highest BCUT2D eigenvalue weighted by Crippen LogP contribution is 2.41. The van der Waals surface area contributed by atoms with Gasteiger partial charge in [0.1, 0.15) is 19.0 Å². The Balaban J connectivity index is 1.95. The summed E-state index contributed by atoms with van der Waals surface area (Å²) in [5, 5.41) is 3.54. The fourth-order valence-corrected chi connectivity index (χ4v) is 4.58. The third kappa shape index (κ3) is 2.40. The Kier molecular flexibility index (Phi) is 3.51. The van der Waals surface area contributed by atoms with Crippen molar-refractivity contribution in [2.45, 2.75) is 16.6 Å². The van der Waals surface area contributed by atoms with Gasteiger partial charge in [-0.15, -0.1) is 11.8 Å². The van der Waals surface area contributed by atoms with Crippen molar-refractivity contribution in [1.82, 2.24) is 5.32 Å². The Morgan fingerprint density at radius 1 is 1.14 bits per heavy atom. The topological polar surface area (TPSA) is 26.0 Å². The van der Waals surface area contributed by atoms with Crippen LogP contribution in [0, 0.1) is 0 Å². The minimum absolute atomic E-state index is 0.284. The van der Waals surface area contributed by atoms with Gasteiger partial charge in [-0.3, -0.25) is 10.3 Å². The molecule has 4 rings (SSSR count). The Bertz CT molecular complexity index is 726. The summed E-state index contributed by atoms with van der Waals surface area (Å²) in [4.78, 5) is 4.91. The molecule has 2 nitrogen and oxygen atoms in total. The van der Waals surface area contributed by atoms with Crippen molar-refractivity contribution in [1.29, 1.82) is 0 Å². The van der Waals surface area contributed by atoms with Gasteiger partial charge in [0.15, 0.2) is 0 Å².